The zero-order chi connectivity index (χ0) is 48.2. The first-order valence-corrected chi connectivity index (χ1v) is 24.8. The van der Waals surface area contributed by atoms with Crippen LogP contribution in [-0.4, -0.2) is 0 Å². The number of hydrogen-bond acceptors (Lipinski definition) is 4. The van der Waals surface area contributed by atoms with Crippen LogP contribution < -0.4 is 9.80 Å². The SMILES string of the molecule is Cc1cccc(C)c1N(c1ccc(-c2cccc3c2oc2ccccc23)cc1)c1ccc2ccc3c(N(c4ccc(-c5cccc6c5oc5ccccc56)cc4)c4c(C)cccc4C)ccc4ccc1c2c43. The fourth-order valence-corrected chi connectivity index (χ4v) is 11.8. The van der Waals surface area contributed by atoms with Crippen LogP contribution in [0.15, 0.2) is 227 Å². The molecule has 0 bridgehead atoms. The van der Waals surface area contributed by atoms with Gasteiger partial charge in [0, 0.05) is 54.8 Å². The maximum Gasteiger partial charge on any atom is 0.143 e. The van der Waals surface area contributed by atoms with Gasteiger partial charge in [-0.3, -0.25) is 0 Å². The molecule has 14 rings (SSSR count). The molecule has 0 saturated heterocycles. The quantitative estimate of drug-likeness (QED) is 0.142. The van der Waals surface area contributed by atoms with Crippen LogP contribution in [0.2, 0.25) is 0 Å². The van der Waals surface area contributed by atoms with E-state index in [9.17, 15) is 0 Å². The number of nitrogens with zero attached hydrogens (tertiary/aromatic N) is 2. The van der Waals surface area contributed by atoms with Gasteiger partial charge in [-0.05, 0) is 131 Å². The van der Waals surface area contributed by atoms with Gasteiger partial charge in [0.05, 0.1) is 22.7 Å². The molecule has 12 aromatic carbocycles. The molecule has 0 aliphatic heterocycles. The Morgan fingerprint density at radius 1 is 0.292 bits per heavy atom. The molecule has 14 aromatic rings. The third-order valence-electron chi connectivity index (χ3n) is 15.1. The lowest BCUT2D eigenvalue weighted by Gasteiger charge is -2.32. The minimum Gasteiger partial charge on any atom is -0.455 e. The van der Waals surface area contributed by atoms with E-state index < -0.39 is 0 Å². The van der Waals surface area contributed by atoms with E-state index >= 15 is 0 Å². The molecule has 0 aliphatic carbocycles. The lowest BCUT2D eigenvalue weighted by Crippen LogP contribution is -2.14. The van der Waals surface area contributed by atoms with Crippen LogP contribution in [0.4, 0.5) is 34.1 Å². The van der Waals surface area contributed by atoms with E-state index in [2.05, 4.69) is 232 Å². The summed E-state index contributed by atoms with van der Waals surface area (Å²) >= 11 is 0. The van der Waals surface area contributed by atoms with E-state index in [0.717, 1.165) is 88.9 Å². The minimum absolute atomic E-state index is 0.903. The smallest absolute Gasteiger partial charge is 0.143 e. The molecular formula is C68H48N2O2. The average Bonchev–Trinajstić information content (AvgIpc) is 4.00. The summed E-state index contributed by atoms with van der Waals surface area (Å²) in [7, 11) is 0. The fraction of sp³-hybridized carbons (Fsp3) is 0.0588. The van der Waals surface area contributed by atoms with Crippen LogP contribution in [0.5, 0.6) is 0 Å². The molecular weight excluding hydrogens is 877 g/mol. The Morgan fingerprint density at radius 3 is 1.07 bits per heavy atom. The van der Waals surface area contributed by atoms with Crippen molar-refractivity contribution in [2.75, 3.05) is 9.80 Å². The number of fused-ring (bicyclic) bond motifs is 6. The van der Waals surface area contributed by atoms with E-state index in [4.69, 9.17) is 8.83 Å². The molecule has 0 fully saturated rings. The normalized spacial score (nSPS) is 11.9. The van der Waals surface area contributed by atoms with Crippen molar-refractivity contribution in [3.63, 3.8) is 0 Å². The predicted molar refractivity (Wildman–Crippen MR) is 304 cm³/mol. The molecule has 0 aliphatic rings. The highest BCUT2D eigenvalue weighted by Gasteiger charge is 2.25. The molecule has 342 valence electrons. The van der Waals surface area contributed by atoms with Crippen LogP contribution in [0.1, 0.15) is 22.3 Å². The molecule has 4 heteroatoms. The lowest BCUT2D eigenvalue weighted by atomic mass is 9.91. The van der Waals surface area contributed by atoms with Crippen LogP contribution in [0.3, 0.4) is 0 Å². The monoisotopic (exact) mass is 924 g/mol. The molecule has 0 radical (unpaired) electrons. The fourth-order valence-electron chi connectivity index (χ4n) is 11.8. The number of rotatable bonds is 8. The van der Waals surface area contributed by atoms with E-state index in [1.807, 2.05) is 24.3 Å². The molecule has 2 aromatic heterocycles. The van der Waals surface area contributed by atoms with Crippen molar-refractivity contribution in [2.24, 2.45) is 0 Å². The van der Waals surface area contributed by atoms with Crippen molar-refractivity contribution < 1.29 is 8.83 Å². The zero-order valence-corrected chi connectivity index (χ0v) is 40.5. The summed E-state index contributed by atoms with van der Waals surface area (Å²) in [6, 6.07) is 79.3. The van der Waals surface area contributed by atoms with Crippen molar-refractivity contribution >= 4 is 110 Å². The van der Waals surface area contributed by atoms with Gasteiger partial charge >= 0.3 is 0 Å². The number of furan rings is 2. The van der Waals surface area contributed by atoms with Gasteiger partial charge in [0.15, 0.2) is 0 Å². The summed E-state index contributed by atoms with van der Waals surface area (Å²) in [6.45, 7) is 8.90. The molecule has 0 spiro atoms. The maximum atomic E-state index is 6.50. The summed E-state index contributed by atoms with van der Waals surface area (Å²) in [5.74, 6) is 0. The van der Waals surface area contributed by atoms with Crippen molar-refractivity contribution in [3.05, 3.63) is 241 Å². The van der Waals surface area contributed by atoms with Gasteiger partial charge in [-0.2, -0.15) is 0 Å². The number of aryl methyl sites for hydroxylation is 4. The van der Waals surface area contributed by atoms with E-state index in [1.54, 1.807) is 0 Å². The van der Waals surface area contributed by atoms with Crippen molar-refractivity contribution in [1.29, 1.82) is 0 Å². The Labute approximate surface area is 417 Å². The van der Waals surface area contributed by atoms with Crippen molar-refractivity contribution in [1.82, 2.24) is 0 Å². The first-order valence-electron chi connectivity index (χ1n) is 24.8. The summed E-state index contributed by atoms with van der Waals surface area (Å²) in [4.78, 5) is 4.94. The molecule has 72 heavy (non-hydrogen) atoms. The standard InChI is InChI=1S/C68H48N2O2/c1-41-13-9-14-42(2)65(41)69(49-33-25-45(26-34-49)51-19-11-21-55-53-17-5-7-23-61(53)71-67(51)55)59-39-31-47-30-38-58-60(40-32-48-29-37-57(59)63(47)64(48)58)70(66-43(3)15-10-16-44(66)4)50-35-27-46(28-36-50)52-20-12-22-56-54-18-6-8-24-62(54)72-68(52)56/h5-40H,1-4H3. The number of anilines is 6. The molecule has 2 heterocycles. The molecule has 0 saturated carbocycles. The van der Waals surface area contributed by atoms with E-state index in [0.29, 0.717) is 0 Å². The zero-order valence-electron chi connectivity index (χ0n) is 40.5. The van der Waals surface area contributed by atoms with Gasteiger partial charge in [-0.15, -0.1) is 0 Å². The first kappa shape index (κ1) is 41.8. The highest BCUT2D eigenvalue weighted by Crippen LogP contribution is 2.50. The second kappa shape index (κ2) is 16.2. The Balaban J connectivity index is 0.933. The van der Waals surface area contributed by atoms with E-state index in [1.165, 1.54) is 65.9 Å². The summed E-state index contributed by atoms with van der Waals surface area (Å²) < 4.78 is 13.0. The Kier molecular flexibility index (Phi) is 9.43. The second-order valence-electron chi connectivity index (χ2n) is 19.4. The molecule has 0 atom stereocenters. The Morgan fingerprint density at radius 2 is 0.653 bits per heavy atom. The predicted octanol–water partition coefficient (Wildman–Crippen LogP) is 19.9. The number of para-hydroxylation sites is 6. The minimum atomic E-state index is 0.903. The average molecular weight is 925 g/mol. The van der Waals surface area contributed by atoms with Gasteiger partial charge in [0.1, 0.15) is 22.3 Å². The lowest BCUT2D eigenvalue weighted by molar-refractivity contribution is 0.669. The van der Waals surface area contributed by atoms with Crippen LogP contribution >= 0.6 is 0 Å². The Bertz CT molecular complexity index is 4120. The van der Waals surface area contributed by atoms with Gasteiger partial charge in [0.25, 0.3) is 0 Å². The summed E-state index contributed by atoms with van der Waals surface area (Å²) in [5.41, 5.74) is 19.7. The van der Waals surface area contributed by atoms with Gasteiger partial charge in [0.2, 0.25) is 0 Å². The van der Waals surface area contributed by atoms with Gasteiger partial charge in [-0.25, -0.2) is 0 Å². The third-order valence-corrected chi connectivity index (χ3v) is 15.1. The van der Waals surface area contributed by atoms with Crippen molar-refractivity contribution in [2.45, 2.75) is 27.7 Å². The largest absolute Gasteiger partial charge is 0.455 e. The van der Waals surface area contributed by atoms with Crippen molar-refractivity contribution in [3.8, 4) is 22.3 Å². The summed E-state index contributed by atoms with van der Waals surface area (Å²) in [6.07, 6.45) is 0. The number of benzene rings is 12. The topological polar surface area (TPSA) is 32.8 Å². The molecule has 0 unspecified atom stereocenters. The molecule has 4 nitrogen and oxygen atoms in total. The highest BCUT2D eigenvalue weighted by atomic mass is 16.3. The molecule has 0 amide bonds. The van der Waals surface area contributed by atoms with Crippen LogP contribution in [0.25, 0.3) is 98.4 Å². The van der Waals surface area contributed by atoms with E-state index in [-0.39, 0.29) is 0 Å². The molecule has 0 N–H and O–H groups in total. The van der Waals surface area contributed by atoms with Crippen LogP contribution in [0, 0.1) is 27.7 Å². The van der Waals surface area contributed by atoms with Crippen LogP contribution in [-0.2, 0) is 0 Å². The summed E-state index contributed by atoms with van der Waals surface area (Å²) in [5, 5.41) is 11.9. The van der Waals surface area contributed by atoms with Gasteiger partial charge < -0.3 is 18.6 Å². The first-order chi connectivity index (χ1) is 35.4. The number of hydrogen-bond donors (Lipinski definition) is 0. The maximum absolute atomic E-state index is 6.50. The highest BCUT2D eigenvalue weighted by molar-refractivity contribution is 6.28. The second-order valence-corrected chi connectivity index (χ2v) is 19.4. The third kappa shape index (κ3) is 6.39. The van der Waals surface area contributed by atoms with Gasteiger partial charge in [-0.1, -0.05) is 170 Å². The Hall–Kier alpha value is -9.12.